The van der Waals surface area contributed by atoms with Gasteiger partial charge < -0.3 is 10.2 Å². The molecule has 1 amide bonds. The fourth-order valence-corrected chi connectivity index (χ4v) is 2.61. The molecule has 0 aliphatic rings. The van der Waals surface area contributed by atoms with Crippen molar-refractivity contribution in [2.45, 2.75) is 0 Å². The molecule has 0 atom stereocenters. The number of nitrogens with zero attached hydrogens (tertiary/aromatic N) is 2. The van der Waals surface area contributed by atoms with Crippen LogP contribution in [0.15, 0.2) is 71.8 Å². The van der Waals surface area contributed by atoms with E-state index in [-0.39, 0.29) is 0 Å². The van der Waals surface area contributed by atoms with E-state index in [0.717, 1.165) is 27.8 Å². The molecule has 2 aromatic carbocycles. The molecule has 0 spiro atoms. The van der Waals surface area contributed by atoms with Crippen LogP contribution in [0.5, 0.6) is 0 Å². The molecule has 23 heavy (non-hydrogen) atoms. The van der Waals surface area contributed by atoms with Crippen molar-refractivity contribution in [3.8, 4) is 16.8 Å². The van der Waals surface area contributed by atoms with Crippen LogP contribution in [0, 0.1) is 0 Å². The van der Waals surface area contributed by atoms with Gasteiger partial charge in [-0.25, -0.2) is 4.98 Å². The maximum Gasteiger partial charge on any atom is 0.248 e. The smallest absolute Gasteiger partial charge is 0.248 e. The van der Waals surface area contributed by atoms with Crippen LogP contribution in [0.2, 0.25) is 0 Å². The van der Waals surface area contributed by atoms with Gasteiger partial charge in [-0.05, 0) is 48.0 Å². The van der Waals surface area contributed by atoms with Crippen molar-refractivity contribution in [1.82, 2.24) is 9.55 Å². The minimum Gasteiger partial charge on any atom is -0.472 e. The van der Waals surface area contributed by atoms with Crippen LogP contribution in [0.1, 0.15) is 10.4 Å². The monoisotopic (exact) mass is 303 g/mol. The second-order valence-corrected chi connectivity index (χ2v) is 5.24. The summed E-state index contributed by atoms with van der Waals surface area (Å²) in [6.45, 7) is 0. The van der Waals surface area contributed by atoms with E-state index in [2.05, 4.69) is 11.1 Å². The lowest BCUT2D eigenvalue weighted by molar-refractivity contribution is 0.100. The standard InChI is InChI=1S/C18H13N3O2/c19-18(22)12-1-4-15(5-2-12)21-11-20-16-6-3-13(9-17(16)21)14-7-8-23-10-14/h1-11H,(H2,19,22). The fourth-order valence-electron chi connectivity index (χ4n) is 2.61. The largest absolute Gasteiger partial charge is 0.472 e. The minimum atomic E-state index is -0.436. The molecule has 4 rings (SSSR count). The molecule has 0 aliphatic heterocycles. The topological polar surface area (TPSA) is 74.1 Å². The zero-order valence-electron chi connectivity index (χ0n) is 12.1. The summed E-state index contributed by atoms with van der Waals surface area (Å²) in [6, 6.07) is 15.1. The molecule has 0 unspecified atom stereocenters. The highest BCUT2D eigenvalue weighted by Crippen LogP contribution is 2.26. The third kappa shape index (κ3) is 2.28. The number of carbonyl (C=O) groups excluding carboxylic acids is 1. The number of nitrogens with two attached hydrogens (primary N) is 1. The van der Waals surface area contributed by atoms with E-state index in [9.17, 15) is 4.79 Å². The maximum atomic E-state index is 11.2. The van der Waals surface area contributed by atoms with E-state index in [1.54, 1.807) is 31.0 Å². The first kappa shape index (κ1) is 13.3. The van der Waals surface area contributed by atoms with Crippen LogP contribution in [-0.2, 0) is 0 Å². The molecular formula is C18H13N3O2. The van der Waals surface area contributed by atoms with Gasteiger partial charge in [0.25, 0.3) is 0 Å². The Kier molecular flexibility index (Phi) is 2.98. The molecule has 112 valence electrons. The number of primary amides is 1. The summed E-state index contributed by atoms with van der Waals surface area (Å²) in [5, 5.41) is 0. The fraction of sp³-hybridized carbons (Fsp3) is 0. The second kappa shape index (κ2) is 5.14. The number of rotatable bonds is 3. The number of carbonyl (C=O) groups is 1. The van der Waals surface area contributed by atoms with Gasteiger partial charge in [0, 0.05) is 16.8 Å². The summed E-state index contributed by atoms with van der Waals surface area (Å²) < 4.78 is 7.12. The summed E-state index contributed by atoms with van der Waals surface area (Å²) in [5.41, 5.74) is 10.6. The number of furan rings is 1. The van der Waals surface area contributed by atoms with Gasteiger partial charge >= 0.3 is 0 Å². The number of amides is 1. The number of aromatic nitrogens is 2. The predicted octanol–water partition coefficient (Wildman–Crippen LogP) is 3.38. The minimum absolute atomic E-state index is 0.436. The molecule has 0 saturated carbocycles. The third-order valence-electron chi connectivity index (χ3n) is 3.83. The number of fused-ring (bicyclic) bond motifs is 1. The normalized spacial score (nSPS) is 11.0. The van der Waals surface area contributed by atoms with Gasteiger partial charge in [-0.2, -0.15) is 0 Å². The predicted molar refractivity (Wildman–Crippen MR) is 87.3 cm³/mol. The Bertz CT molecular complexity index is 983. The number of benzene rings is 2. The van der Waals surface area contributed by atoms with E-state index in [1.165, 1.54) is 0 Å². The molecule has 4 aromatic rings. The van der Waals surface area contributed by atoms with E-state index in [1.807, 2.05) is 34.9 Å². The highest BCUT2D eigenvalue weighted by molar-refractivity contribution is 5.93. The number of hydrogen-bond acceptors (Lipinski definition) is 3. The Balaban J connectivity index is 1.83. The molecule has 0 aliphatic carbocycles. The van der Waals surface area contributed by atoms with Gasteiger partial charge in [-0.1, -0.05) is 6.07 Å². The molecule has 2 N–H and O–H groups in total. The van der Waals surface area contributed by atoms with E-state index in [4.69, 9.17) is 10.2 Å². The average molecular weight is 303 g/mol. The SMILES string of the molecule is NC(=O)c1ccc(-n2cnc3ccc(-c4ccoc4)cc32)cc1. The van der Waals surface area contributed by atoms with Crippen molar-refractivity contribution in [2.75, 3.05) is 0 Å². The molecular weight excluding hydrogens is 290 g/mol. The summed E-state index contributed by atoms with van der Waals surface area (Å²) in [6.07, 6.45) is 5.13. The summed E-state index contributed by atoms with van der Waals surface area (Å²) in [4.78, 5) is 15.6. The Hall–Kier alpha value is -3.34. The van der Waals surface area contributed by atoms with Crippen LogP contribution >= 0.6 is 0 Å². The third-order valence-corrected chi connectivity index (χ3v) is 3.83. The van der Waals surface area contributed by atoms with Gasteiger partial charge in [0.15, 0.2) is 0 Å². The van der Waals surface area contributed by atoms with Gasteiger partial charge in [0.2, 0.25) is 5.91 Å². The zero-order valence-corrected chi connectivity index (χ0v) is 12.1. The Labute approximate surface area is 132 Å². The number of hydrogen-bond donors (Lipinski definition) is 1. The first-order chi connectivity index (χ1) is 11.2. The van der Waals surface area contributed by atoms with Crippen molar-refractivity contribution < 1.29 is 9.21 Å². The van der Waals surface area contributed by atoms with Crippen molar-refractivity contribution in [1.29, 1.82) is 0 Å². The van der Waals surface area contributed by atoms with Crippen LogP contribution in [-0.4, -0.2) is 15.5 Å². The lowest BCUT2D eigenvalue weighted by Crippen LogP contribution is -2.10. The first-order valence-corrected chi connectivity index (χ1v) is 7.12. The lowest BCUT2D eigenvalue weighted by Gasteiger charge is -2.06. The van der Waals surface area contributed by atoms with Gasteiger partial charge in [0.1, 0.15) is 6.33 Å². The first-order valence-electron chi connectivity index (χ1n) is 7.12. The second-order valence-electron chi connectivity index (χ2n) is 5.24. The quantitative estimate of drug-likeness (QED) is 0.630. The molecule has 2 heterocycles. The average Bonchev–Trinajstić information content (AvgIpc) is 3.24. The maximum absolute atomic E-state index is 11.2. The highest BCUT2D eigenvalue weighted by Gasteiger charge is 2.08. The van der Waals surface area contributed by atoms with Gasteiger partial charge in [0.05, 0.1) is 23.6 Å². The molecule has 0 fully saturated rings. The zero-order chi connectivity index (χ0) is 15.8. The Morgan fingerprint density at radius 1 is 1.04 bits per heavy atom. The van der Waals surface area contributed by atoms with Crippen molar-refractivity contribution in [3.05, 3.63) is 72.9 Å². The summed E-state index contributed by atoms with van der Waals surface area (Å²) >= 11 is 0. The van der Waals surface area contributed by atoms with Crippen molar-refractivity contribution >= 4 is 16.9 Å². The van der Waals surface area contributed by atoms with Gasteiger partial charge in [-0.15, -0.1) is 0 Å². The highest BCUT2D eigenvalue weighted by atomic mass is 16.3. The molecule has 0 radical (unpaired) electrons. The Morgan fingerprint density at radius 2 is 1.87 bits per heavy atom. The van der Waals surface area contributed by atoms with E-state index in [0.29, 0.717) is 5.56 Å². The van der Waals surface area contributed by atoms with Crippen molar-refractivity contribution in [3.63, 3.8) is 0 Å². The van der Waals surface area contributed by atoms with Crippen molar-refractivity contribution in [2.24, 2.45) is 5.73 Å². The molecule has 2 aromatic heterocycles. The number of imidazole rings is 1. The van der Waals surface area contributed by atoms with E-state index < -0.39 is 5.91 Å². The summed E-state index contributed by atoms with van der Waals surface area (Å²) in [5.74, 6) is -0.436. The van der Waals surface area contributed by atoms with Crippen LogP contribution in [0.3, 0.4) is 0 Å². The molecule has 5 heteroatoms. The summed E-state index contributed by atoms with van der Waals surface area (Å²) in [7, 11) is 0. The van der Waals surface area contributed by atoms with Crippen LogP contribution in [0.25, 0.3) is 27.8 Å². The molecule has 5 nitrogen and oxygen atoms in total. The van der Waals surface area contributed by atoms with Crippen LogP contribution < -0.4 is 5.73 Å². The van der Waals surface area contributed by atoms with E-state index >= 15 is 0 Å². The molecule has 0 saturated heterocycles. The molecule has 0 bridgehead atoms. The lowest BCUT2D eigenvalue weighted by atomic mass is 10.1. The van der Waals surface area contributed by atoms with Gasteiger partial charge in [-0.3, -0.25) is 9.36 Å². The van der Waals surface area contributed by atoms with Crippen LogP contribution in [0.4, 0.5) is 0 Å². The Morgan fingerprint density at radius 3 is 2.57 bits per heavy atom.